The lowest BCUT2D eigenvalue weighted by Gasteiger charge is -2.26. The summed E-state index contributed by atoms with van der Waals surface area (Å²) in [6.45, 7) is 1.20. The minimum atomic E-state index is -3.76. The van der Waals surface area contributed by atoms with E-state index in [4.69, 9.17) is 9.47 Å². The number of piperidine rings is 1. The predicted molar refractivity (Wildman–Crippen MR) is 117 cm³/mol. The predicted octanol–water partition coefficient (Wildman–Crippen LogP) is 3.42. The second kappa shape index (κ2) is 9.52. The fraction of sp³-hybridized carbons (Fsp3) is 0.429. The zero-order valence-electron chi connectivity index (χ0n) is 17.9. The van der Waals surface area contributed by atoms with Gasteiger partial charge in [0, 0.05) is 44.4 Å². The van der Waals surface area contributed by atoms with Gasteiger partial charge in [0.05, 0.1) is 24.0 Å². The molecule has 2 aromatic rings. The molecule has 0 aromatic heterocycles. The summed E-state index contributed by atoms with van der Waals surface area (Å²) >= 11 is 0. The Morgan fingerprint density at radius 1 is 1.06 bits per heavy atom. The van der Waals surface area contributed by atoms with Crippen molar-refractivity contribution in [1.82, 2.24) is 4.31 Å². The van der Waals surface area contributed by atoms with Gasteiger partial charge >= 0.3 is 0 Å². The van der Waals surface area contributed by atoms with Crippen LogP contribution in [0.4, 0.5) is 11.4 Å². The van der Waals surface area contributed by atoms with E-state index in [-0.39, 0.29) is 10.6 Å². The Morgan fingerprint density at radius 2 is 1.77 bits per heavy atom. The number of nitro benzene ring substituents is 1. The first-order valence-electron chi connectivity index (χ1n) is 9.98. The maximum absolute atomic E-state index is 12.9. The Kier molecular flexibility index (Phi) is 7.01. The Bertz CT molecular complexity index is 1050. The first kappa shape index (κ1) is 22.8. The van der Waals surface area contributed by atoms with Crippen LogP contribution in [0.1, 0.15) is 24.8 Å². The molecule has 1 fully saturated rings. The van der Waals surface area contributed by atoms with Crippen LogP contribution in [0.2, 0.25) is 0 Å². The van der Waals surface area contributed by atoms with Gasteiger partial charge in [0.2, 0.25) is 10.0 Å². The highest BCUT2D eigenvalue weighted by Gasteiger charge is 2.29. The summed E-state index contributed by atoms with van der Waals surface area (Å²) in [5.74, 6) is 1.24. The van der Waals surface area contributed by atoms with E-state index < -0.39 is 14.9 Å². The van der Waals surface area contributed by atoms with Gasteiger partial charge in [0.1, 0.15) is 17.2 Å². The van der Waals surface area contributed by atoms with Gasteiger partial charge in [-0.2, -0.15) is 4.31 Å². The van der Waals surface area contributed by atoms with Gasteiger partial charge < -0.3 is 14.4 Å². The van der Waals surface area contributed by atoms with Crippen LogP contribution < -0.4 is 14.4 Å². The number of sulfonamides is 1. The smallest absolute Gasteiger partial charge is 0.293 e. The number of hydrogen-bond acceptors (Lipinski definition) is 7. The second-order valence-corrected chi connectivity index (χ2v) is 9.34. The van der Waals surface area contributed by atoms with Crippen LogP contribution in [0.5, 0.6) is 11.5 Å². The Labute approximate surface area is 182 Å². The van der Waals surface area contributed by atoms with Gasteiger partial charge in [-0.3, -0.25) is 10.1 Å². The summed E-state index contributed by atoms with van der Waals surface area (Å²) in [6.07, 6.45) is 2.59. The monoisotopic (exact) mass is 449 g/mol. The molecule has 1 aliphatic rings. The van der Waals surface area contributed by atoms with Crippen molar-refractivity contribution in [3.63, 3.8) is 0 Å². The number of ether oxygens (including phenoxy) is 2. The lowest BCUT2D eigenvalue weighted by Crippen LogP contribution is -2.35. The first-order chi connectivity index (χ1) is 14.8. The van der Waals surface area contributed by atoms with Crippen LogP contribution in [0.25, 0.3) is 0 Å². The molecule has 0 aliphatic carbocycles. The van der Waals surface area contributed by atoms with Crippen LogP contribution in [0, 0.1) is 10.1 Å². The quantitative estimate of drug-likeness (QED) is 0.449. The van der Waals surface area contributed by atoms with Crippen molar-refractivity contribution in [1.29, 1.82) is 0 Å². The molecule has 1 aliphatic heterocycles. The van der Waals surface area contributed by atoms with Crippen LogP contribution >= 0.6 is 0 Å². The molecule has 0 spiro atoms. The number of methoxy groups -OCH3 is 2. The van der Waals surface area contributed by atoms with E-state index in [1.807, 2.05) is 6.07 Å². The second-order valence-electron chi connectivity index (χ2n) is 7.41. The molecular weight excluding hydrogens is 422 g/mol. The molecule has 2 aromatic carbocycles. The van der Waals surface area contributed by atoms with Crippen molar-refractivity contribution in [2.24, 2.45) is 0 Å². The van der Waals surface area contributed by atoms with Gasteiger partial charge in [0.25, 0.3) is 5.69 Å². The summed E-state index contributed by atoms with van der Waals surface area (Å²) < 4.78 is 37.9. The van der Waals surface area contributed by atoms with E-state index >= 15 is 0 Å². The van der Waals surface area contributed by atoms with E-state index in [0.717, 1.165) is 30.9 Å². The van der Waals surface area contributed by atoms with Crippen molar-refractivity contribution in [2.45, 2.75) is 30.7 Å². The normalized spacial score (nSPS) is 14.8. The minimum absolute atomic E-state index is 0.0553. The highest BCUT2D eigenvalue weighted by molar-refractivity contribution is 7.89. The van der Waals surface area contributed by atoms with E-state index in [9.17, 15) is 18.5 Å². The molecule has 0 saturated carbocycles. The fourth-order valence-electron chi connectivity index (χ4n) is 3.71. The summed E-state index contributed by atoms with van der Waals surface area (Å²) in [7, 11) is 1.05. The maximum atomic E-state index is 12.9. The number of hydrogen-bond donors (Lipinski definition) is 0. The molecule has 10 heteroatoms. The number of rotatable bonds is 8. The van der Waals surface area contributed by atoms with Crippen LogP contribution in [-0.2, 0) is 16.6 Å². The largest absolute Gasteiger partial charge is 0.497 e. The molecule has 0 unspecified atom stereocenters. The van der Waals surface area contributed by atoms with Gasteiger partial charge in [-0.1, -0.05) is 6.42 Å². The summed E-state index contributed by atoms with van der Waals surface area (Å²) in [6, 6.07) is 9.44. The third-order valence-corrected chi connectivity index (χ3v) is 7.30. The average Bonchev–Trinajstić information content (AvgIpc) is 2.79. The van der Waals surface area contributed by atoms with Crippen molar-refractivity contribution >= 4 is 21.4 Å². The lowest BCUT2D eigenvalue weighted by atomic mass is 10.1. The number of nitrogens with zero attached hydrogens (tertiary/aromatic N) is 3. The van der Waals surface area contributed by atoms with Crippen LogP contribution in [0.15, 0.2) is 41.3 Å². The van der Waals surface area contributed by atoms with Crippen molar-refractivity contribution in [3.05, 3.63) is 52.1 Å². The Balaban J connectivity index is 1.92. The first-order valence-corrected chi connectivity index (χ1v) is 11.4. The van der Waals surface area contributed by atoms with E-state index in [1.165, 1.54) is 16.4 Å². The van der Waals surface area contributed by atoms with Gasteiger partial charge in [-0.25, -0.2) is 8.42 Å². The molecule has 0 atom stereocenters. The van der Waals surface area contributed by atoms with Gasteiger partial charge in [-0.15, -0.1) is 0 Å². The SMILES string of the molecule is COc1ccc(CN(C)c2ccc(S(=O)(=O)N3CCCCC3)cc2[N+](=O)[O-])c(OC)c1. The zero-order chi connectivity index (χ0) is 22.6. The van der Waals surface area contributed by atoms with Crippen molar-refractivity contribution in [2.75, 3.05) is 39.3 Å². The minimum Gasteiger partial charge on any atom is -0.497 e. The molecular formula is C21H27N3O6S. The van der Waals surface area contributed by atoms with Crippen molar-refractivity contribution < 1.29 is 22.8 Å². The highest BCUT2D eigenvalue weighted by atomic mass is 32.2. The third kappa shape index (κ3) is 4.91. The van der Waals surface area contributed by atoms with E-state index in [1.54, 1.807) is 38.3 Å². The molecule has 0 N–H and O–H groups in total. The van der Waals surface area contributed by atoms with Gasteiger partial charge in [-0.05, 0) is 37.1 Å². The van der Waals surface area contributed by atoms with Crippen molar-refractivity contribution in [3.8, 4) is 11.5 Å². The number of nitro groups is 1. The summed E-state index contributed by atoms with van der Waals surface area (Å²) in [4.78, 5) is 12.9. The molecule has 9 nitrogen and oxygen atoms in total. The molecule has 31 heavy (non-hydrogen) atoms. The van der Waals surface area contributed by atoms with Crippen LogP contribution in [0.3, 0.4) is 0 Å². The maximum Gasteiger partial charge on any atom is 0.293 e. The zero-order valence-corrected chi connectivity index (χ0v) is 18.7. The summed E-state index contributed by atoms with van der Waals surface area (Å²) in [5.41, 5.74) is 0.874. The number of anilines is 1. The van der Waals surface area contributed by atoms with Crippen LogP contribution in [-0.4, -0.2) is 52.0 Å². The number of benzene rings is 2. The molecule has 1 saturated heterocycles. The summed E-state index contributed by atoms with van der Waals surface area (Å²) in [5, 5.41) is 11.8. The van der Waals surface area contributed by atoms with Gasteiger partial charge in [0.15, 0.2) is 0 Å². The van der Waals surface area contributed by atoms with E-state index in [0.29, 0.717) is 36.8 Å². The molecule has 0 radical (unpaired) electrons. The molecule has 168 valence electrons. The Hall–Kier alpha value is -2.85. The Morgan fingerprint density at radius 3 is 2.39 bits per heavy atom. The fourth-order valence-corrected chi connectivity index (χ4v) is 5.25. The lowest BCUT2D eigenvalue weighted by molar-refractivity contribution is -0.384. The molecule has 1 heterocycles. The standard InChI is InChI=1S/C21H27N3O6S/c1-22(15-16-7-8-17(29-2)13-21(16)30-3)19-10-9-18(14-20(19)24(25)26)31(27,28)23-11-5-4-6-12-23/h7-10,13-14H,4-6,11-12,15H2,1-3H3. The topological polar surface area (TPSA) is 102 Å². The molecule has 3 rings (SSSR count). The average molecular weight is 450 g/mol. The molecule has 0 bridgehead atoms. The third-order valence-electron chi connectivity index (χ3n) is 5.41. The molecule has 0 amide bonds. The highest BCUT2D eigenvalue weighted by Crippen LogP contribution is 2.34. The van der Waals surface area contributed by atoms with E-state index in [2.05, 4.69) is 0 Å².